The molecule has 1 atom stereocenters. The van der Waals surface area contributed by atoms with Gasteiger partial charge < -0.3 is 5.73 Å². The van der Waals surface area contributed by atoms with Gasteiger partial charge in [-0.05, 0) is 19.8 Å². The summed E-state index contributed by atoms with van der Waals surface area (Å²) < 4.78 is 40.8. The zero-order valence-corrected chi connectivity index (χ0v) is 12.1. The Morgan fingerprint density at radius 2 is 2.05 bits per heavy atom. The van der Waals surface area contributed by atoms with Gasteiger partial charge in [-0.1, -0.05) is 6.92 Å². The van der Waals surface area contributed by atoms with Crippen molar-refractivity contribution in [2.75, 3.05) is 0 Å². The Morgan fingerprint density at radius 3 is 2.57 bits per heavy atom. The lowest BCUT2D eigenvalue weighted by Gasteiger charge is -2.11. The van der Waals surface area contributed by atoms with E-state index in [2.05, 4.69) is 10.2 Å². The fourth-order valence-corrected chi connectivity index (χ4v) is 2.21. The van der Waals surface area contributed by atoms with Crippen LogP contribution in [-0.4, -0.2) is 25.6 Å². The topological polar surface area (TPSA) is 61.7 Å². The monoisotopic (exact) mass is 301 g/mol. The number of nitrogens with zero attached hydrogens (tertiary/aromatic N) is 4. The lowest BCUT2D eigenvalue weighted by Crippen LogP contribution is -2.22. The van der Waals surface area contributed by atoms with Gasteiger partial charge in [-0.15, -0.1) is 0 Å². The molecule has 8 heteroatoms. The van der Waals surface area contributed by atoms with Crippen molar-refractivity contribution in [1.82, 2.24) is 19.6 Å². The van der Waals surface area contributed by atoms with Gasteiger partial charge in [0, 0.05) is 24.8 Å². The smallest absolute Gasteiger partial charge is 0.327 e. The fourth-order valence-electron chi connectivity index (χ4n) is 2.21. The van der Waals surface area contributed by atoms with Crippen LogP contribution < -0.4 is 5.73 Å². The van der Waals surface area contributed by atoms with Crippen LogP contribution in [0.2, 0.25) is 0 Å². The van der Waals surface area contributed by atoms with Crippen LogP contribution in [0.4, 0.5) is 13.2 Å². The van der Waals surface area contributed by atoms with Gasteiger partial charge in [0.25, 0.3) is 0 Å². The molecule has 2 aromatic rings. The molecule has 116 valence electrons. The third-order valence-electron chi connectivity index (χ3n) is 3.43. The molecule has 2 rings (SSSR count). The highest BCUT2D eigenvalue weighted by molar-refractivity contribution is 5.38. The van der Waals surface area contributed by atoms with Crippen molar-refractivity contribution in [1.29, 1.82) is 0 Å². The van der Waals surface area contributed by atoms with E-state index in [1.807, 2.05) is 13.8 Å². The number of hydrogen-bond donors (Lipinski definition) is 1. The van der Waals surface area contributed by atoms with Crippen molar-refractivity contribution in [3.05, 3.63) is 29.2 Å². The van der Waals surface area contributed by atoms with E-state index in [1.54, 1.807) is 7.05 Å². The van der Waals surface area contributed by atoms with E-state index >= 15 is 0 Å². The molecule has 0 saturated carbocycles. The summed E-state index contributed by atoms with van der Waals surface area (Å²) >= 11 is 0. The average molecular weight is 301 g/mol. The summed E-state index contributed by atoms with van der Waals surface area (Å²) in [4.78, 5) is 0. The van der Waals surface area contributed by atoms with Crippen molar-refractivity contribution in [3.63, 3.8) is 0 Å². The lowest BCUT2D eigenvalue weighted by atomic mass is 10.0. The minimum absolute atomic E-state index is 0.0655. The quantitative estimate of drug-likeness (QED) is 0.942. The highest BCUT2D eigenvalue weighted by Crippen LogP contribution is 2.30. The van der Waals surface area contributed by atoms with Gasteiger partial charge in [0.2, 0.25) is 0 Å². The molecule has 0 aromatic carbocycles. The SMILES string of the molecule is CCC(N)Cc1c(C)nn(C)c1-n1cc(C(F)(F)F)cn1. The van der Waals surface area contributed by atoms with Gasteiger partial charge in [0.15, 0.2) is 5.82 Å². The van der Waals surface area contributed by atoms with E-state index in [1.165, 1.54) is 9.36 Å². The molecule has 0 aliphatic rings. The number of rotatable bonds is 4. The second-order valence-corrected chi connectivity index (χ2v) is 5.05. The van der Waals surface area contributed by atoms with Gasteiger partial charge in [-0.25, -0.2) is 4.68 Å². The highest BCUT2D eigenvalue weighted by atomic mass is 19.4. The van der Waals surface area contributed by atoms with Gasteiger partial charge in [-0.2, -0.15) is 23.4 Å². The molecule has 2 aromatic heterocycles. The Labute approximate surface area is 120 Å². The molecule has 0 bridgehead atoms. The Morgan fingerprint density at radius 1 is 1.38 bits per heavy atom. The molecular formula is C13H18F3N5. The van der Waals surface area contributed by atoms with Crippen LogP contribution in [-0.2, 0) is 19.6 Å². The Bertz CT molecular complexity index is 626. The maximum absolute atomic E-state index is 12.7. The van der Waals surface area contributed by atoms with E-state index in [0.717, 1.165) is 30.1 Å². The van der Waals surface area contributed by atoms with E-state index in [0.29, 0.717) is 12.2 Å². The van der Waals surface area contributed by atoms with Crippen LogP contribution in [0.15, 0.2) is 12.4 Å². The zero-order chi connectivity index (χ0) is 15.8. The summed E-state index contributed by atoms with van der Waals surface area (Å²) in [6, 6.07) is -0.0655. The maximum Gasteiger partial charge on any atom is 0.419 e. The van der Waals surface area contributed by atoms with E-state index in [4.69, 9.17) is 5.73 Å². The molecule has 0 fully saturated rings. The van der Waals surface area contributed by atoms with Crippen LogP contribution in [0.1, 0.15) is 30.2 Å². The van der Waals surface area contributed by atoms with E-state index in [-0.39, 0.29) is 6.04 Å². The van der Waals surface area contributed by atoms with Gasteiger partial charge >= 0.3 is 6.18 Å². The first-order valence-electron chi connectivity index (χ1n) is 6.64. The van der Waals surface area contributed by atoms with Crippen LogP contribution in [0.3, 0.4) is 0 Å². The van der Waals surface area contributed by atoms with E-state index in [9.17, 15) is 13.2 Å². The Balaban J connectivity index is 2.46. The average Bonchev–Trinajstić information content (AvgIpc) is 2.95. The second-order valence-electron chi connectivity index (χ2n) is 5.05. The standard InChI is InChI=1S/C13H18F3N5/c1-4-10(17)5-11-8(2)19-20(3)12(11)21-7-9(6-18-21)13(14,15)16/h6-7,10H,4-5,17H2,1-3H3. The molecule has 0 saturated heterocycles. The minimum atomic E-state index is -4.41. The minimum Gasteiger partial charge on any atom is -0.327 e. The molecule has 5 nitrogen and oxygen atoms in total. The predicted octanol–water partition coefficient (Wildman–Crippen LogP) is 2.21. The molecule has 21 heavy (non-hydrogen) atoms. The van der Waals surface area contributed by atoms with Crippen molar-refractivity contribution in [2.24, 2.45) is 12.8 Å². The summed E-state index contributed by atoms with van der Waals surface area (Å²) in [5, 5.41) is 8.08. The number of aryl methyl sites for hydroxylation is 2. The maximum atomic E-state index is 12.7. The summed E-state index contributed by atoms with van der Waals surface area (Å²) in [6.07, 6.45) is -1.30. The van der Waals surface area contributed by atoms with Crippen LogP contribution in [0.25, 0.3) is 5.82 Å². The van der Waals surface area contributed by atoms with Crippen LogP contribution in [0.5, 0.6) is 0 Å². The van der Waals surface area contributed by atoms with Gasteiger partial charge in [-0.3, -0.25) is 4.68 Å². The summed E-state index contributed by atoms with van der Waals surface area (Å²) in [7, 11) is 1.68. The molecule has 0 aliphatic heterocycles. The highest BCUT2D eigenvalue weighted by Gasteiger charge is 2.33. The first-order valence-corrected chi connectivity index (χ1v) is 6.64. The third kappa shape index (κ3) is 3.10. The number of halogens is 3. The molecule has 0 amide bonds. The summed E-state index contributed by atoms with van der Waals surface area (Å²) in [5.74, 6) is 0.520. The molecule has 1 unspecified atom stereocenters. The Hall–Kier alpha value is -1.83. The summed E-state index contributed by atoms with van der Waals surface area (Å²) in [6.45, 7) is 3.78. The lowest BCUT2D eigenvalue weighted by molar-refractivity contribution is -0.137. The molecular weight excluding hydrogens is 283 g/mol. The number of alkyl halides is 3. The predicted molar refractivity (Wildman–Crippen MR) is 72.0 cm³/mol. The molecule has 0 radical (unpaired) electrons. The first kappa shape index (κ1) is 15.6. The van der Waals surface area contributed by atoms with E-state index < -0.39 is 11.7 Å². The largest absolute Gasteiger partial charge is 0.419 e. The normalized spacial score (nSPS) is 13.7. The molecule has 2 N–H and O–H groups in total. The molecule has 0 spiro atoms. The van der Waals surface area contributed by atoms with Crippen molar-refractivity contribution < 1.29 is 13.2 Å². The zero-order valence-electron chi connectivity index (χ0n) is 12.1. The van der Waals surface area contributed by atoms with Crippen molar-refractivity contribution >= 4 is 0 Å². The third-order valence-corrected chi connectivity index (χ3v) is 3.43. The molecule has 0 aliphatic carbocycles. The number of aromatic nitrogens is 4. The van der Waals surface area contributed by atoms with Gasteiger partial charge in [0.05, 0.1) is 17.5 Å². The fraction of sp³-hybridized carbons (Fsp3) is 0.538. The second kappa shape index (κ2) is 5.51. The number of hydrogen-bond acceptors (Lipinski definition) is 3. The first-order chi connectivity index (χ1) is 9.74. The molecule has 2 heterocycles. The Kier molecular flexibility index (Phi) is 4.08. The van der Waals surface area contributed by atoms with Crippen LogP contribution in [0, 0.1) is 6.92 Å². The van der Waals surface area contributed by atoms with Crippen LogP contribution >= 0.6 is 0 Å². The van der Waals surface area contributed by atoms with Crippen molar-refractivity contribution in [2.45, 2.75) is 38.9 Å². The van der Waals surface area contributed by atoms with Crippen molar-refractivity contribution in [3.8, 4) is 5.82 Å². The van der Waals surface area contributed by atoms with Gasteiger partial charge in [0.1, 0.15) is 0 Å². The summed E-state index contributed by atoms with van der Waals surface area (Å²) in [5.41, 5.74) is 6.75. The number of nitrogens with two attached hydrogens (primary N) is 1.